The smallest absolute Gasteiger partial charge is 0.418 e. The molecule has 2 saturated heterocycles. The number of carbonyl (C=O) groups is 3. The molecule has 0 radical (unpaired) electrons. The van der Waals surface area contributed by atoms with Gasteiger partial charge in [0.15, 0.2) is 10.8 Å². The van der Waals surface area contributed by atoms with Crippen molar-refractivity contribution in [2.75, 3.05) is 37.3 Å². The molecule has 246 valence electrons. The number of hydrogen-bond donors (Lipinski definition) is 6. The topological polar surface area (TPSA) is 257 Å². The first-order valence-corrected chi connectivity index (χ1v) is 15.9. The van der Waals surface area contributed by atoms with E-state index in [2.05, 4.69) is 35.4 Å². The highest BCUT2D eigenvalue weighted by atomic mass is 32.3. The molecule has 2 aromatic heterocycles. The van der Waals surface area contributed by atoms with Gasteiger partial charge in [-0.25, -0.2) is 14.8 Å². The number of aromatic nitrogens is 2. The van der Waals surface area contributed by atoms with Crippen LogP contribution in [0.2, 0.25) is 0 Å². The number of rotatable bonds is 14. The van der Waals surface area contributed by atoms with E-state index in [0.717, 1.165) is 47.6 Å². The number of nitrogen functional groups attached to an aromatic ring is 1. The van der Waals surface area contributed by atoms with Crippen LogP contribution in [0.15, 0.2) is 41.0 Å². The van der Waals surface area contributed by atoms with Crippen LogP contribution >= 0.6 is 11.3 Å². The van der Waals surface area contributed by atoms with E-state index < -0.39 is 58.2 Å². The van der Waals surface area contributed by atoms with Gasteiger partial charge >= 0.3 is 16.4 Å². The van der Waals surface area contributed by atoms with Crippen molar-refractivity contribution in [1.29, 1.82) is 0 Å². The monoisotopic (exact) mass is 678 g/mol. The molecule has 46 heavy (non-hydrogen) atoms. The van der Waals surface area contributed by atoms with Gasteiger partial charge in [0.25, 0.3) is 17.9 Å². The van der Waals surface area contributed by atoms with Crippen molar-refractivity contribution in [3.8, 4) is 5.75 Å². The lowest BCUT2D eigenvalue weighted by Gasteiger charge is -2.50. The first-order valence-electron chi connectivity index (χ1n) is 13.7. The average Bonchev–Trinajstić information content (AvgIpc) is 3.40. The summed E-state index contributed by atoms with van der Waals surface area (Å²) in [5, 5.41) is 25.9. The third-order valence-electron chi connectivity index (χ3n) is 7.21. The summed E-state index contributed by atoms with van der Waals surface area (Å²) >= 11 is 0.962. The molecule has 1 aromatic carbocycles. The molecule has 2 atom stereocenters. The molecule has 0 spiro atoms. The van der Waals surface area contributed by atoms with E-state index in [1.165, 1.54) is 19.2 Å². The highest BCUT2D eigenvalue weighted by molar-refractivity contribution is 7.80. The molecule has 20 heteroatoms. The predicted molar refractivity (Wildman–Crippen MR) is 163 cm³/mol. The van der Waals surface area contributed by atoms with Gasteiger partial charge in [0, 0.05) is 42.5 Å². The maximum absolute atomic E-state index is 13.2. The minimum atomic E-state index is -5.01. The van der Waals surface area contributed by atoms with E-state index in [0.29, 0.717) is 16.7 Å². The predicted octanol–water partition coefficient (Wildman–Crippen LogP) is -0.00230. The molecule has 0 unspecified atom stereocenters. The van der Waals surface area contributed by atoms with Crippen LogP contribution in [-0.4, -0.2) is 101 Å². The summed E-state index contributed by atoms with van der Waals surface area (Å²) in [5.74, 6) is -1.86. The number of oxime groups is 1. The average molecular weight is 679 g/mol. The lowest BCUT2D eigenvalue weighted by Crippen LogP contribution is -2.76. The van der Waals surface area contributed by atoms with Crippen LogP contribution in [0.1, 0.15) is 19.5 Å². The molecule has 0 aliphatic carbocycles. The second kappa shape index (κ2) is 13.0. The molecule has 2 fully saturated rings. The fourth-order valence-electron chi connectivity index (χ4n) is 4.58. The summed E-state index contributed by atoms with van der Waals surface area (Å²) in [6.07, 6.45) is -0.0266. The summed E-state index contributed by atoms with van der Waals surface area (Å²) < 4.78 is 41.1. The zero-order chi connectivity index (χ0) is 33.2. The highest BCUT2D eigenvalue weighted by Crippen LogP contribution is 2.33. The molecule has 2 aliphatic rings. The van der Waals surface area contributed by atoms with Crippen molar-refractivity contribution in [2.45, 2.75) is 31.5 Å². The van der Waals surface area contributed by atoms with E-state index in [1.54, 1.807) is 30.5 Å². The van der Waals surface area contributed by atoms with Gasteiger partial charge in [0.05, 0.1) is 5.54 Å². The van der Waals surface area contributed by atoms with E-state index in [4.69, 9.17) is 19.9 Å². The molecule has 4 heterocycles. The number of benzene rings is 1. The Morgan fingerprint density at radius 2 is 2.07 bits per heavy atom. The van der Waals surface area contributed by atoms with Crippen LogP contribution in [0.25, 0.3) is 10.8 Å². The molecule has 5 rings (SSSR count). The van der Waals surface area contributed by atoms with E-state index >= 15 is 0 Å². The molecule has 0 saturated carbocycles. The minimum Gasteiger partial charge on any atom is -0.489 e. The number of hydroxylamine groups is 2. The van der Waals surface area contributed by atoms with Crippen molar-refractivity contribution in [3.05, 3.63) is 41.5 Å². The standard InChI is InChI=1S/C26H30N8O10S2/c1-26(2)20(23(36)34(26)44-46(39,40)41)32-22(35)19(17-12-45-25(27)31-17)33-43-18(24(37)38)11-42-15-3-4-16-14(7-15)5-6-29-21(16)30-10-13-8-28-9-13/h3-7,12-13,18,20,28H,8-11H2,1-2H3,(H2,27,31)(H,29,30)(H,32,35)(H,37,38)(H,39,40,41)/b33-19-/t18-,20+/m0/s1. The SMILES string of the molecule is CC1(C)[C@H](NC(=O)/C(=N\O[C@@H](COc2ccc3c(NCC4CNC4)nccc3c2)C(=O)O)c2csc(N)n2)C(=O)N1OS(=O)(=O)O. The summed E-state index contributed by atoms with van der Waals surface area (Å²) in [6.45, 7) is 4.90. The Balaban J connectivity index is 1.27. The number of amides is 2. The van der Waals surface area contributed by atoms with Crippen molar-refractivity contribution in [1.82, 2.24) is 25.7 Å². The Kier molecular flexibility index (Phi) is 9.26. The normalized spacial score (nSPS) is 18.8. The van der Waals surface area contributed by atoms with E-state index in [9.17, 15) is 27.9 Å². The first kappa shape index (κ1) is 32.8. The van der Waals surface area contributed by atoms with E-state index in [-0.39, 0.29) is 10.8 Å². The molecule has 2 amide bonds. The number of aliphatic carboxylic acids is 1. The Morgan fingerprint density at radius 1 is 1.30 bits per heavy atom. The van der Waals surface area contributed by atoms with Gasteiger partial charge in [-0.2, -0.15) is 13.5 Å². The number of carboxylic acids is 1. The number of anilines is 2. The Labute approximate surface area is 265 Å². The number of hydrogen-bond acceptors (Lipinski definition) is 15. The van der Waals surface area contributed by atoms with Gasteiger partial charge in [-0.1, -0.05) is 5.16 Å². The van der Waals surface area contributed by atoms with Crippen LogP contribution in [-0.2, 0) is 33.9 Å². The van der Waals surface area contributed by atoms with Gasteiger partial charge in [0.1, 0.15) is 29.9 Å². The Bertz CT molecular complexity index is 1790. The fraction of sp³-hybridized carbons (Fsp3) is 0.385. The maximum Gasteiger partial charge on any atom is 0.418 e. The number of nitrogens with two attached hydrogens (primary N) is 1. The first-order chi connectivity index (χ1) is 21.7. The van der Waals surface area contributed by atoms with Crippen molar-refractivity contribution in [3.63, 3.8) is 0 Å². The highest BCUT2D eigenvalue weighted by Gasteiger charge is 2.58. The molecule has 7 N–H and O–H groups in total. The largest absolute Gasteiger partial charge is 0.489 e. The minimum absolute atomic E-state index is 0.0614. The number of pyridine rings is 1. The molecule has 18 nitrogen and oxygen atoms in total. The third-order valence-corrected chi connectivity index (χ3v) is 8.22. The van der Waals surface area contributed by atoms with Crippen LogP contribution < -0.4 is 26.4 Å². The second-order valence-electron chi connectivity index (χ2n) is 10.9. The van der Waals surface area contributed by atoms with Gasteiger partial charge < -0.3 is 36.4 Å². The zero-order valence-corrected chi connectivity index (χ0v) is 26.0. The fourth-order valence-corrected chi connectivity index (χ4v) is 5.58. The second-order valence-corrected chi connectivity index (χ2v) is 12.8. The van der Waals surface area contributed by atoms with Gasteiger partial charge in [0.2, 0.25) is 0 Å². The van der Waals surface area contributed by atoms with Gasteiger partial charge in [-0.05, 0) is 43.5 Å². The van der Waals surface area contributed by atoms with E-state index in [1.807, 2.05) is 0 Å². The van der Waals surface area contributed by atoms with Crippen molar-refractivity contribution in [2.24, 2.45) is 11.1 Å². The quantitative estimate of drug-likeness (QED) is 0.0567. The number of nitrogens with zero attached hydrogens (tertiary/aromatic N) is 4. The number of ether oxygens (including phenoxy) is 1. The number of β-lactam (4-membered cyclic amide) rings is 1. The number of carboxylic acid groups (broad SMARTS) is 1. The number of carbonyl (C=O) groups excluding carboxylic acids is 2. The molecule has 3 aromatic rings. The van der Waals surface area contributed by atoms with Crippen molar-refractivity contribution >= 4 is 67.0 Å². The lowest BCUT2D eigenvalue weighted by molar-refractivity contribution is -0.218. The van der Waals surface area contributed by atoms with Crippen molar-refractivity contribution < 1.29 is 46.3 Å². The number of thiazole rings is 1. The summed E-state index contributed by atoms with van der Waals surface area (Å²) in [6, 6.07) is 5.65. The summed E-state index contributed by atoms with van der Waals surface area (Å²) in [5.41, 5.74) is 3.67. The zero-order valence-electron chi connectivity index (χ0n) is 24.4. The van der Waals surface area contributed by atoms with Gasteiger partial charge in [-0.3, -0.25) is 14.1 Å². The number of nitrogens with one attached hydrogen (secondary N) is 3. The van der Waals surface area contributed by atoms with Crippen LogP contribution in [0.3, 0.4) is 0 Å². The molecule has 2 aliphatic heterocycles. The Morgan fingerprint density at radius 3 is 2.67 bits per heavy atom. The van der Waals surface area contributed by atoms with Crippen LogP contribution in [0.5, 0.6) is 5.75 Å². The van der Waals surface area contributed by atoms with Crippen LogP contribution in [0, 0.1) is 5.92 Å². The maximum atomic E-state index is 13.2. The molecular weight excluding hydrogens is 648 g/mol. The summed E-state index contributed by atoms with van der Waals surface area (Å²) in [4.78, 5) is 51.4. The lowest BCUT2D eigenvalue weighted by atomic mass is 9.84. The Hall–Kier alpha value is -4.63. The molecular formula is C26H30N8O10S2. The number of fused-ring (bicyclic) bond motifs is 1. The third kappa shape index (κ3) is 7.26. The molecule has 0 bridgehead atoms. The van der Waals surface area contributed by atoms with Gasteiger partial charge in [-0.15, -0.1) is 15.6 Å². The summed E-state index contributed by atoms with van der Waals surface area (Å²) in [7, 11) is -5.01. The van der Waals surface area contributed by atoms with Crippen LogP contribution in [0.4, 0.5) is 10.9 Å².